The summed E-state index contributed by atoms with van der Waals surface area (Å²) in [6.45, 7) is 3.27. The number of benzene rings is 2. The molecule has 0 radical (unpaired) electrons. The monoisotopic (exact) mass is 431 g/mol. The molecule has 0 atom stereocenters. The van der Waals surface area contributed by atoms with E-state index in [-0.39, 0.29) is 5.56 Å². The summed E-state index contributed by atoms with van der Waals surface area (Å²) in [7, 11) is 0. The molecule has 1 aliphatic rings. The first kappa shape index (κ1) is 20.0. The summed E-state index contributed by atoms with van der Waals surface area (Å²) in [5.41, 5.74) is 10.3. The van der Waals surface area contributed by atoms with Crippen molar-refractivity contribution >= 4 is 28.6 Å². The van der Waals surface area contributed by atoms with Gasteiger partial charge in [-0.25, -0.2) is 9.37 Å². The Labute approximate surface area is 184 Å². The molecule has 1 saturated heterocycles. The van der Waals surface area contributed by atoms with Crippen LogP contribution in [0.25, 0.3) is 16.9 Å². The van der Waals surface area contributed by atoms with Gasteiger partial charge in [-0.1, -0.05) is 0 Å². The van der Waals surface area contributed by atoms with Gasteiger partial charge in [-0.2, -0.15) is 0 Å². The van der Waals surface area contributed by atoms with Crippen molar-refractivity contribution in [2.75, 3.05) is 36.5 Å². The number of ether oxygens (including phenoxy) is 1. The van der Waals surface area contributed by atoms with Crippen molar-refractivity contribution in [3.05, 3.63) is 78.4 Å². The Bertz CT molecular complexity index is 1280. The van der Waals surface area contributed by atoms with E-state index in [2.05, 4.69) is 27.3 Å². The first-order valence-electron chi connectivity index (χ1n) is 10.3. The topological polar surface area (TPSA) is 84.9 Å². The summed E-state index contributed by atoms with van der Waals surface area (Å²) < 4.78 is 21.3. The van der Waals surface area contributed by atoms with Gasteiger partial charge < -0.3 is 20.7 Å². The van der Waals surface area contributed by atoms with Gasteiger partial charge in [-0.05, 0) is 54.6 Å². The number of nitrogens with two attached hydrogens (primary N) is 1. The second-order valence-corrected chi connectivity index (χ2v) is 7.62. The molecular formula is C24H22FN5O2. The number of nitrogens with zero attached hydrogens (tertiary/aromatic N) is 3. The lowest BCUT2D eigenvalue weighted by Crippen LogP contribution is -2.36. The first-order chi connectivity index (χ1) is 15.6. The van der Waals surface area contributed by atoms with Crippen molar-refractivity contribution in [1.29, 1.82) is 0 Å². The molecule has 1 fully saturated rings. The fourth-order valence-electron chi connectivity index (χ4n) is 3.96. The molecule has 5 rings (SSSR count). The number of nitrogens with one attached hydrogen (secondary N) is 1. The average molecular weight is 431 g/mol. The summed E-state index contributed by atoms with van der Waals surface area (Å²) in [6, 6.07) is 16.1. The van der Waals surface area contributed by atoms with Crippen molar-refractivity contribution < 1.29 is 13.9 Å². The molecule has 2 aromatic heterocycles. The molecule has 0 bridgehead atoms. The first-order valence-corrected chi connectivity index (χ1v) is 10.3. The highest BCUT2D eigenvalue weighted by Gasteiger charge is 2.14. The highest BCUT2D eigenvalue weighted by atomic mass is 19.1. The molecule has 3 heterocycles. The van der Waals surface area contributed by atoms with Crippen molar-refractivity contribution in [2.24, 2.45) is 5.73 Å². The summed E-state index contributed by atoms with van der Waals surface area (Å²) >= 11 is 0. The van der Waals surface area contributed by atoms with Crippen LogP contribution in [-0.2, 0) is 4.74 Å². The van der Waals surface area contributed by atoms with E-state index in [0.29, 0.717) is 16.9 Å². The van der Waals surface area contributed by atoms with Crippen molar-refractivity contribution in [3.63, 3.8) is 0 Å². The molecule has 0 aliphatic carbocycles. The van der Waals surface area contributed by atoms with E-state index in [9.17, 15) is 9.18 Å². The third-order valence-electron chi connectivity index (χ3n) is 5.55. The Hall–Kier alpha value is -3.91. The van der Waals surface area contributed by atoms with Crippen LogP contribution in [0.3, 0.4) is 0 Å². The van der Waals surface area contributed by atoms with E-state index in [1.807, 2.05) is 28.7 Å². The highest BCUT2D eigenvalue weighted by Crippen LogP contribution is 2.29. The summed E-state index contributed by atoms with van der Waals surface area (Å²) in [5, 5.41) is 3.41. The quantitative estimate of drug-likeness (QED) is 0.502. The van der Waals surface area contributed by atoms with Crippen LogP contribution in [-0.4, -0.2) is 41.6 Å². The molecule has 7 nitrogen and oxygen atoms in total. The number of anilines is 3. The lowest BCUT2D eigenvalue weighted by molar-refractivity contribution is 0.1000. The number of amides is 1. The number of fused-ring (bicyclic) bond motifs is 1. The molecule has 3 N–H and O–H groups in total. The number of carbonyl (C=O) groups is 1. The molecule has 32 heavy (non-hydrogen) atoms. The summed E-state index contributed by atoms with van der Waals surface area (Å²) in [5.74, 6) is -1.20. The van der Waals surface area contributed by atoms with Gasteiger partial charge in [0.15, 0.2) is 5.65 Å². The highest BCUT2D eigenvalue weighted by molar-refractivity contribution is 5.94. The zero-order valence-corrected chi connectivity index (χ0v) is 17.3. The van der Waals surface area contributed by atoms with Crippen molar-refractivity contribution in [2.45, 2.75) is 0 Å². The smallest absolute Gasteiger partial charge is 0.248 e. The Morgan fingerprint density at radius 1 is 1.06 bits per heavy atom. The number of rotatable bonds is 5. The number of hydrogen-bond acceptors (Lipinski definition) is 5. The second-order valence-electron chi connectivity index (χ2n) is 7.62. The van der Waals surface area contributed by atoms with Crippen LogP contribution in [0.15, 0.2) is 67.0 Å². The number of imidazole rings is 1. The zero-order valence-electron chi connectivity index (χ0n) is 17.3. The normalized spacial score (nSPS) is 14.0. The van der Waals surface area contributed by atoms with Gasteiger partial charge in [0.05, 0.1) is 24.6 Å². The Balaban J connectivity index is 1.45. The second kappa shape index (κ2) is 8.32. The minimum atomic E-state index is -0.675. The van der Waals surface area contributed by atoms with Gasteiger partial charge in [-0.15, -0.1) is 0 Å². The van der Waals surface area contributed by atoms with E-state index in [1.165, 1.54) is 6.07 Å². The number of carbonyl (C=O) groups excluding carboxylic acids is 1. The fourth-order valence-corrected chi connectivity index (χ4v) is 3.96. The van der Waals surface area contributed by atoms with Crippen LogP contribution in [0.1, 0.15) is 10.4 Å². The van der Waals surface area contributed by atoms with Crippen LogP contribution in [0.4, 0.5) is 21.5 Å². The van der Waals surface area contributed by atoms with E-state index >= 15 is 0 Å². The zero-order chi connectivity index (χ0) is 22.1. The minimum absolute atomic E-state index is 0.121. The Kier molecular flexibility index (Phi) is 5.20. The van der Waals surface area contributed by atoms with E-state index in [0.717, 1.165) is 49.4 Å². The third kappa shape index (κ3) is 3.88. The van der Waals surface area contributed by atoms with Gasteiger partial charge in [-0.3, -0.25) is 9.20 Å². The number of pyridine rings is 1. The van der Waals surface area contributed by atoms with Crippen LogP contribution in [0.5, 0.6) is 0 Å². The summed E-state index contributed by atoms with van der Waals surface area (Å²) in [6.07, 6.45) is 3.48. The SMILES string of the molecule is NC(=O)c1cc(F)cc(-c2ccc(Nc3ccc(N4CCOCC4)cc3)c3nccn23)c1. The standard InChI is InChI=1S/C24H22FN5O2/c25-18-14-16(13-17(15-18)23(26)31)22-6-5-21(24-27-7-8-30(22)24)28-19-1-3-20(4-2-19)29-9-11-32-12-10-29/h1-8,13-15,28H,9-12H2,(H2,26,31). The third-order valence-corrected chi connectivity index (χ3v) is 5.55. The van der Waals surface area contributed by atoms with Gasteiger partial charge in [0.1, 0.15) is 5.82 Å². The molecule has 1 aliphatic heterocycles. The molecule has 2 aromatic carbocycles. The average Bonchev–Trinajstić information content (AvgIpc) is 3.30. The molecule has 8 heteroatoms. The Morgan fingerprint density at radius 2 is 1.84 bits per heavy atom. The molecule has 162 valence electrons. The van der Waals surface area contributed by atoms with Crippen molar-refractivity contribution in [1.82, 2.24) is 9.38 Å². The summed E-state index contributed by atoms with van der Waals surface area (Å²) in [4.78, 5) is 18.3. The number of morpholine rings is 1. The molecule has 0 spiro atoms. The molecule has 0 unspecified atom stereocenters. The lowest BCUT2D eigenvalue weighted by atomic mass is 10.1. The molecule has 1 amide bonds. The van der Waals surface area contributed by atoms with Crippen molar-refractivity contribution in [3.8, 4) is 11.3 Å². The number of primary amides is 1. The molecule has 0 saturated carbocycles. The van der Waals surface area contributed by atoms with Gasteiger partial charge in [0, 0.05) is 48.0 Å². The predicted octanol–water partition coefficient (Wildman–Crippen LogP) is 3.82. The number of aromatic nitrogens is 2. The van der Waals surface area contributed by atoms with E-state index in [1.54, 1.807) is 18.5 Å². The lowest BCUT2D eigenvalue weighted by Gasteiger charge is -2.29. The van der Waals surface area contributed by atoms with Crippen LogP contribution < -0.4 is 16.0 Å². The minimum Gasteiger partial charge on any atom is -0.378 e. The molecular weight excluding hydrogens is 409 g/mol. The Morgan fingerprint density at radius 3 is 2.59 bits per heavy atom. The maximum Gasteiger partial charge on any atom is 0.248 e. The van der Waals surface area contributed by atoms with Gasteiger partial charge in [0.25, 0.3) is 0 Å². The van der Waals surface area contributed by atoms with E-state index in [4.69, 9.17) is 10.5 Å². The maximum atomic E-state index is 14.1. The predicted molar refractivity (Wildman–Crippen MR) is 122 cm³/mol. The fraction of sp³-hybridized carbons (Fsp3) is 0.167. The largest absolute Gasteiger partial charge is 0.378 e. The van der Waals surface area contributed by atoms with Crippen LogP contribution >= 0.6 is 0 Å². The maximum absolute atomic E-state index is 14.1. The molecule has 4 aromatic rings. The number of halogens is 1. The van der Waals surface area contributed by atoms with Crippen LogP contribution in [0.2, 0.25) is 0 Å². The number of hydrogen-bond donors (Lipinski definition) is 2. The van der Waals surface area contributed by atoms with E-state index < -0.39 is 11.7 Å². The van der Waals surface area contributed by atoms with Gasteiger partial charge in [0.2, 0.25) is 5.91 Å². The van der Waals surface area contributed by atoms with Crippen LogP contribution in [0, 0.1) is 5.82 Å². The van der Waals surface area contributed by atoms with Gasteiger partial charge >= 0.3 is 0 Å².